The summed E-state index contributed by atoms with van der Waals surface area (Å²) in [5, 5.41) is 3.37. The molecule has 6 heteroatoms. The van der Waals surface area contributed by atoms with Crippen molar-refractivity contribution in [2.24, 2.45) is 0 Å². The molecule has 2 atom stereocenters. The Bertz CT molecular complexity index is 582. The number of hydrogen-bond donors (Lipinski definition) is 1. The number of hydrogen-bond acceptors (Lipinski definition) is 4. The number of fused-ring (bicyclic) bond motifs is 1. The highest BCUT2D eigenvalue weighted by Gasteiger charge is 2.14. The van der Waals surface area contributed by atoms with E-state index in [0.29, 0.717) is 11.5 Å². The van der Waals surface area contributed by atoms with Gasteiger partial charge < -0.3 is 5.32 Å². The Labute approximate surface area is 129 Å². The Balaban J connectivity index is 0.00000106. The van der Waals surface area contributed by atoms with Gasteiger partial charge >= 0.3 is 0 Å². The Morgan fingerprint density at radius 3 is 2.76 bits per heavy atom. The largest absolute Gasteiger partial charge is 0.308 e. The molecule has 0 aliphatic carbocycles. The zero-order chi connectivity index (χ0) is 15.8. The van der Waals surface area contributed by atoms with Gasteiger partial charge in [0.05, 0.1) is 5.69 Å². The summed E-state index contributed by atoms with van der Waals surface area (Å²) in [5.41, 5.74) is 2.10. The van der Waals surface area contributed by atoms with E-state index in [-0.39, 0.29) is 6.04 Å². The summed E-state index contributed by atoms with van der Waals surface area (Å²) in [6.45, 7) is 10.8. The first-order valence-electron chi connectivity index (χ1n) is 7.51. The van der Waals surface area contributed by atoms with Crippen LogP contribution in [0.4, 0.5) is 0 Å². The van der Waals surface area contributed by atoms with Crippen LogP contribution in [0.2, 0.25) is 0 Å². The maximum Gasteiger partial charge on any atom is 0.234 e. The molecule has 0 fully saturated rings. The molecule has 0 amide bonds. The summed E-state index contributed by atoms with van der Waals surface area (Å²) >= 11 is 0. The second-order valence-corrected chi connectivity index (χ2v) is 6.35. The van der Waals surface area contributed by atoms with Crippen molar-refractivity contribution in [2.45, 2.75) is 40.7 Å². The van der Waals surface area contributed by atoms with Crippen LogP contribution in [0.15, 0.2) is 18.5 Å². The van der Waals surface area contributed by atoms with Gasteiger partial charge in [-0.25, -0.2) is 9.97 Å². The second kappa shape index (κ2) is 8.89. The lowest BCUT2D eigenvalue weighted by Crippen LogP contribution is -2.25. The van der Waals surface area contributed by atoms with E-state index in [0.717, 1.165) is 23.7 Å². The smallest absolute Gasteiger partial charge is 0.234 e. The van der Waals surface area contributed by atoms with Gasteiger partial charge in [0.25, 0.3) is 0 Å². The molecular weight excluding hydrogens is 284 g/mol. The van der Waals surface area contributed by atoms with E-state index < -0.39 is 10.8 Å². The van der Waals surface area contributed by atoms with Gasteiger partial charge in [0.15, 0.2) is 0 Å². The predicted octanol–water partition coefficient (Wildman–Crippen LogP) is 2.48. The average molecular weight is 310 g/mol. The highest BCUT2D eigenvalue weighted by molar-refractivity contribution is 7.84. The Hall–Kier alpha value is -1.27. The quantitative estimate of drug-likeness (QED) is 0.890. The average Bonchev–Trinajstić information content (AvgIpc) is 2.86. The van der Waals surface area contributed by atoms with Crippen LogP contribution in [0.1, 0.15) is 45.1 Å². The molecule has 1 N–H and O–H groups in total. The van der Waals surface area contributed by atoms with Crippen LogP contribution >= 0.6 is 0 Å². The lowest BCUT2D eigenvalue weighted by molar-refractivity contribution is 0.582. The molecular formula is C15H26N4OS. The van der Waals surface area contributed by atoms with Gasteiger partial charge in [0.2, 0.25) is 5.78 Å². The Kier molecular flexibility index (Phi) is 7.53. The third-order valence-corrected chi connectivity index (χ3v) is 4.49. The molecule has 0 saturated carbocycles. The van der Waals surface area contributed by atoms with Crippen molar-refractivity contribution in [1.29, 1.82) is 0 Å². The lowest BCUT2D eigenvalue weighted by atomic mass is 10.2. The highest BCUT2D eigenvalue weighted by Crippen LogP contribution is 2.17. The summed E-state index contributed by atoms with van der Waals surface area (Å²) in [6, 6.07) is 2.03. The number of nitrogens with zero attached hydrogens (tertiary/aromatic N) is 3. The van der Waals surface area contributed by atoms with Crippen LogP contribution < -0.4 is 5.32 Å². The van der Waals surface area contributed by atoms with E-state index >= 15 is 0 Å². The molecule has 0 aromatic carbocycles. The minimum atomic E-state index is -0.720. The summed E-state index contributed by atoms with van der Waals surface area (Å²) in [4.78, 5) is 8.79. The predicted molar refractivity (Wildman–Crippen MR) is 89.0 cm³/mol. The summed E-state index contributed by atoms with van der Waals surface area (Å²) in [7, 11) is -0.720. The summed E-state index contributed by atoms with van der Waals surface area (Å²) in [5.74, 6) is 2.12. The number of nitrogens with one attached hydrogen (secondary N) is 1. The molecule has 2 unspecified atom stereocenters. The van der Waals surface area contributed by atoms with Gasteiger partial charge in [-0.15, -0.1) is 0 Å². The van der Waals surface area contributed by atoms with Crippen molar-refractivity contribution in [2.75, 3.05) is 18.1 Å². The van der Waals surface area contributed by atoms with Crippen LogP contribution in [0.3, 0.4) is 0 Å². The minimum absolute atomic E-state index is 0.135. The topological polar surface area (TPSA) is 59.3 Å². The molecule has 2 aromatic rings. The van der Waals surface area contributed by atoms with Gasteiger partial charge in [-0.2, -0.15) is 0 Å². The highest BCUT2D eigenvalue weighted by atomic mass is 32.2. The van der Waals surface area contributed by atoms with Crippen molar-refractivity contribution in [1.82, 2.24) is 19.7 Å². The molecule has 0 bridgehead atoms. The second-order valence-electron chi connectivity index (χ2n) is 4.48. The van der Waals surface area contributed by atoms with Crippen LogP contribution in [0, 0.1) is 6.92 Å². The molecule has 2 aromatic heterocycles. The summed E-state index contributed by atoms with van der Waals surface area (Å²) in [6.07, 6.45) is 3.71. The van der Waals surface area contributed by atoms with Gasteiger partial charge in [-0.3, -0.25) is 8.61 Å². The maximum absolute atomic E-state index is 11.4. The number of imidazole rings is 1. The van der Waals surface area contributed by atoms with E-state index in [1.807, 2.05) is 44.4 Å². The van der Waals surface area contributed by atoms with E-state index in [4.69, 9.17) is 0 Å². The fourth-order valence-electron chi connectivity index (χ4n) is 2.06. The third kappa shape index (κ3) is 4.61. The molecule has 0 radical (unpaired) electrons. The van der Waals surface area contributed by atoms with E-state index in [2.05, 4.69) is 22.2 Å². The zero-order valence-electron chi connectivity index (χ0n) is 13.6. The van der Waals surface area contributed by atoms with Crippen molar-refractivity contribution in [3.05, 3.63) is 29.8 Å². The monoisotopic (exact) mass is 310 g/mol. The van der Waals surface area contributed by atoms with E-state index in [1.54, 1.807) is 6.20 Å². The third-order valence-electron chi connectivity index (χ3n) is 3.19. The van der Waals surface area contributed by atoms with E-state index in [1.165, 1.54) is 0 Å². The van der Waals surface area contributed by atoms with Crippen molar-refractivity contribution < 1.29 is 4.21 Å². The Morgan fingerprint density at radius 2 is 2.14 bits per heavy atom. The van der Waals surface area contributed by atoms with E-state index in [9.17, 15) is 4.21 Å². The van der Waals surface area contributed by atoms with Crippen molar-refractivity contribution >= 4 is 16.6 Å². The van der Waals surface area contributed by atoms with Crippen LogP contribution in [-0.2, 0) is 10.8 Å². The first kappa shape index (κ1) is 17.8. The van der Waals surface area contributed by atoms with Crippen LogP contribution in [0.5, 0.6) is 0 Å². The molecule has 0 aliphatic rings. The van der Waals surface area contributed by atoms with Gasteiger partial charge in [-0.1, -0.05) is 20.8 Å². The fourth-order valence-corrected chi connectivity index (χ4v) is 2.69. The molecule has 0 spiro atoms. The van der Waals surface area contributed by atoms with Gasteiger partial charge in [0.1, 0.15) is 0 Å². The maximum atomic E-state index is 11.4. The molecule has 0 saturated heterocycles. The SMILES string of the molecule is CC.CCS(=O)CCNC(C)c1nc2ncccn2c1C. The van der Waals surface area contributed by atoms with Crippen molar-refractivity contribution in [3.8, 4) is 0 Å². The normalized spacial score (nSPS) is 13.6. The molecule has 0 aliphatic heterocycles. The fraction of sp³-hybridized carbons (Fsp3) is 0.600. The molecule has 5 nitrogen and oxygen atoms in total. The first-order valence-corrected chi connectivity index (χ1v) is 9.00. The van der Waals surface area contributed by atoms with Gasteiger partial charge in [0, 0.05) is 53.0 Å². The molecule has 2 rings (SSSR count). The number of aryl methyl sites for hydroxylation is 1. The molecule has 118 valence electrons. The lowest BCUT2D eigenvalue weighted by Gasteiger charge is -2.12. The first-order chi connectivity index (χ1) is 10.1. The van der Waals surface area contributed by atoms with Crippen LogP contribution in [0.25, 0.3) is 5.78 Å². The van der Waals surface area contributed by atoms with Gasteiger partial charge in [-0.05, 0) is 19.9 Å². The number of rotatable bonds is 6. The number of aromatic nitrogens is 3. The zero-order valence-corrected chi connectivity index (χ0v) is 14.4. The summed E-state index contributed by atoms with van der Waals surface area (Å²) < 4.78 is 13.4. The standard InChI is InChI=1S/C13H20N4OS.C2H6/c1-4-19(18)9-7-14-10(2)12-11(3)17-8-5-6-15-13(17)16-12;1-2/h5-6,8,10,14H,4,7,9H2,1-3H3;1-2H3. The molecule has 21 heavy (non-hydrogen) atoms. The van der Waals surface area contributed by atoms with Crippen molar-refractivity contribution in [3.63, 3.8) is 0 Å². The Morgan fingerprint density at radius 1 is 1.43 bits per heavy atom. The van der Waals surface area contributed by atoms with Crippen LogP contribution in [-0.4, -0.2) is 36.6 Å². The molecule has 2 heterocycles. The minimum Gasteiger partial charge on any atom is -0.308 e.